The first-order valence-electron chi connectivity index (χ1n) is 9.77. The lowest BCUT2D eigenvalue weighted by Crippen LogP contribution is -2.27. The largest absolute Gasteiger partial charge is 0.481 e. The van der Waals surface area contributed by atoms with Crippen molar-refractivity contribution < 1.29 is 19.8 Å². The normalized spacial score (nSPS) is 12.4. The smallest absolute Gasteiger partial charge is 0.303 e. The van der Waals surface area contributed by atoms with Crippen LogP contribution in [0.3, 0.4) is 0 Å². The molecule has 0 aliphatic rings. The van der Waals surface area contributed by atoms with Crippen LogP contribution in [-0.4, -0.2) is 46.7 Å². The van der Waals surface area contributed by atoms with Crippen molar-refractivity contribution in [2.24, 2.45) is 0 Å². The second-order valence-corrected chi connectivity index (χ2v) is 6.76. The number of aliphatic hydroxyl groups excluding tert-OH is 1. The number of allylic oxidation sites excluding steroid dienone is 1. The summed E-state index contributed by atoms with van der Waals surface area (Å²) in [7, 11) is 1.83. The van der Waals surface area contributed by atoms with Gasteiger partial charge in [0.1, 0.15) is 0 Å². The van der Waals surface area contributed by atoms with Crippen LogP contribution in [0, 0.1) is 0 Å². The molecule has 0 radical (unpaired) electrons. The Morgan fingerprint density at radius 1 is 1.00 bits per heavy atom. The zero-order chi connectivity index (χ0) is 18.9. The highest BCUT2D eigenvalue weighted by Crippen LogP contribution is 2.08. The zero-order valence-electron chi connectivity index (χ0n) is 16.1. The monoisotopic (exact) mass is 355 g/mol. The Bertz CT molecular complexity index is 382. The minimum absolute atomic E-state index is 0.155. The maximum Gasteiger partial charge on any atom is 0.303 e. The van der Waals surface area contributed by atoms with Gasteiger partial charge in [0.05, 0.1) is 6.10 Å². The Morgan fingerprint density at radius 2 is 1.72 bits per heavy atom. The molecule has 0 fully saturated rings. The van der Waals surface area contributed by atoms with Gasteiger partial charge in [0.15, 0.2) is 0 Å². The van der Waals surface area contributed by atoms with E-state index >= 15 is 0 Å². The number of carbonyl (C=O) groups is 2. The van der Waals surface area contributed by atoms with E-state index in [0.29, 0.717) is 12.8 Å². The highest BCUT2D eigenvalue weighted by molar-refractivity contribution is 5.75. The molecule has 0 aromatic carbocycles. The highest BCUT2D eigenvalue weighted by Gasteiger charge is 2.07. The molecule has 0 heterocycles. The predicted octanol–water partition coefficient (Wildman–Crippen LogP) is 4.15. The van der Waals surface area contributed by atoms with E-state index in [-0.39, 0.29) is 18.4 Å². The number of carboxylic acids is 1. The third-order valence-electron chi connectivity index (χ3n) is 4.28. The van der Waals surface area contributed by atoms with Gasteiger partial charge < -0.3 is 15.1 Å². The van der Waals surface area contributed by atoms with Gasteiger partial charge in [-0.15, -0.1) is 0 Å². The van der Waals surface area contributed by atoms with Gasteiger partial charge in [-0.2, -0.15) is 0 Å². The van der Waals surface area contributed by atoms with Crippen molar-refractivity contribution in [2.75, 3.05) is 13.6 Å². The average molecular weight is 356 g/mol. The minimum Gasteiger partial charge on any atom is -0.481 e. The van der Waals surface area contributed by atoms with Crippen LogP contribution in [0.15, 0.2) is 12.2 Å². The zero-order valence-corrected chi connectivity index (χ0v) is 16.1. The lowest BCUT2D eigenvalue weighted by atomic mass is 10.1. The molecule has 0 bridgehead atoms. The number of aliphatic hydroxyl groups is 1. The number of amides is 1. The number of hydrogen-bond donors (Lipinski definition) is 2. The minimum atomic E-state index is -0.741. The van der Waals surface area contributed by atoms with E-state index in [1.165, 1.54) is 0 Å². The van der Waals surface area contributed by atoms with Gasteiger partial charge in [0.2, 0.25) is 5.91 Å². The summed E-state index contributed by atoms with van der Waals surface area (Å²) in [5, 5.41) is 18.3. The molecule has 0 rings (SSSR count). The molecule has 2 N–H and O–H groups in total. The molecule has 0 aliphatic carbocycles. The van der Waals surface area contributed by atoms with Crippen LogP contribution in [0.2, 0.25) is 0 Å². The van der Waals surface area contributed by atoms with Gasteiger partial charge in [0, 0.05) is 26.4 Å². The number of carbonyl (C=O) groups excluding carboxylic acids is 1. The summed E-state index contributed by atoms with van der Waals surface area (Å²) < 4.78 is 0. The van der Waals surface area contributed by atoms with Crippen molar-refractivity contribution in [1.29, 1.82) is 0 Å². The summed E-state index contributed by atoms with van der Waals surface area (Å²) >= 11 is 0. The van der Waals surface area contributed by atoms with E-state index in [1.807, 2.05) is 19.2 Å². The topological polar surface area (TPSA) is 77.8 Å². The Labute approximate surface area is 153 Å². The molecule has 5 heteroatoms. The first kappa shape index (κ1) is 23.6. The van der Waals surface area contributed by atoms with Crippen molar-refractivity contribution in [3.05, 3.63) is 12.2 Å². The molecular formula is C20H37NO4. The quantitative estimate of drug-likeness (QED) is 0.322. The predicted molar refractivity (Wildman–Crippen MR) is 101 cm³/mol. The van der Waals surface area contributed by atoms with Crippen molar-refractivity contribution in [3.63, 3.8) is 0 Å². The standard InChI is InChI=1S/C20H37NO4/c1-3-4-8-13-18(22)14-9-7-10-15-19(23)21(2)17-12-6-5-11-16-20(24)25/h9,14,18,22H,3-8,10-13,15-17H2,1-2H3,(H,24,25)/b14-9+. The van der Waals surface area contributed by atoms with Gasteiger partial charge >= 0.3 is 5.97 Å². The summed E-state index contributed by atoms with van der Waals surface area (Å²) in [4.78, 5) is 24.2. The van der Waals surface area contributed by atoms with Crippen LogP contribution in [-0.2, 0) is 9.59 Å². The molecule has 1 atom stereocenters. The van der Waals surface area contributed by atoms with E-state index in [9.17, 15) is 14.7 Å². The van der Waals surface area contributed by atoms with Gasteiger partial charge in [-0.05, 0) is 32.1 Å². The van der Waals surface area contributed by atoms with Crippen LogP contribution in [0.1, 0.15) is 84.0 Å². The number of carboxylic acid groups (broad SMARTS) is 1. The fraction of sp³-hybridized carbons (Fsp3) is 0.800. The summed E-state index contributed by atoms with van der Waals surface area (Å²) in [6, 6.07) is 0. The lowest BCUT2D eigenvalue weighted by Gasteiger charge is -2.16. The third-order valence-corrected chi connectivity index (χ3v) is 4.28. The number of rotatable bonds is 16. The van der Waals surface area contributed by atoms with E-state index < -0.39 is 5.97 Å². The van der Waals surface area contributed by atoms with E-state index in [0.717, 1.165) is 64.3 Å². The average Bonchev–Trinajstić information content (AvgIpc) is 2.57. The number of unbranched alkanes of at least 4 members (excludes halogenated alkanes) is 6. The molecule has 25 heavy (non-hydrogen) atoms. The van der Waals surface area contributed by atoms with E-state index in [2.05, 4.69) is 6.92 Å². The van der Waals surface area contributed by atoms with Gasteiger partial charge in [-0.1, -0.05) is 51.2 Å². The number of nitrogens with zero attached hydrogens (tertiary/aromatic N) is 1. The molecule has 5 nitrogen and oxygen atoms in total. The maximum atomic E-state index is 12.0. The van der Waals surface area contributed by atoms with Crippen LogP contribution in [0.25, 0.3) is 0 Å². The summed E-state index contributed by atoms with van der Waals surface area (Å²) in [5.74, 6) is -0.586. The van der Waals surface area contributed by atoms with Crippen LogP contribution >= 0.6 is 0 Å². The second kappa shape index (κ2) is 16.1. The second-order valence-electron chi connectivity index (χ2n) is 6.76. The molecule has 0 saturated heterocycles. The molecule has 146 valence electrons. The molecule has 0 spiro atoms. The number of aliphatic carboxylic acids is 1. The van der Waals surface area contributed by atoms with Crippen molar-refractivity contribution in [3.8, 4) is 0 Å². The first-order chi connectivity index (χ1) is 12.0. The molecule has 0 aromatic rings. The maximum absolute atomic E-state index is 12.0. The fourth-order valence-corrected chi connectivity index (χ4v) is 2.62. The highest BCUT2D eigenvalue weighted by atomic mass is 16.4. The molecule has 1 amide bonds. The Morgan fingerprint density at radius 3 is 2.40 bits per heavy atom. The Hall–Kier alpha value is -1.36. The molecule has 1 unspecified atom stereocenters. The van der Waals surface area contributed by atoms with E-state index in [1.54, 1.807) is 4.90 Å². The van der Waals surface area contributed by atoms with Crippen molar-refractivity contribution in [2.45, 2.75) is 90.1 Å². The SMILES string of the molecule is CCCCCC(O)/C=C/CCCC(=O)N(C)CCCCCCC(=O)O. The van der Waals surface area contributed by atoms with Gasteiger partial charge in [0.25, 0.3) is 0 Å². The molecule has 0 aliphatic heterocycles. The molecular weight excluding hydrogens is 318 g/mol. The Kier molecular flexibility index (Phi) is 15.2. The summed E-state index contributed by atoms with van der Waals surface area (Å²) in [6.07, 6.45) is 13.6. The lowest BCUT2D eigenvalue weighted by molar-refractivity contribution is -0.137. The summed E-state index contributed by atoms with van der Waals surface area (Å²) in [6.45, 7) is 2.88. The van der Waals surface area contributed by atoms with Crippen molar-refractivity contribution in [1.82, 2.24) is 4.90 Å². The van der Waals surface area contributed by atoms with Crippen LogP contribution in [0.5, 0.6) is 0 Å². The molecule has 0 aromatic heterocycles. The van der Waals surface area contributed by atoms with Gasteiger partial charge in [-0.3, -0.25) is 9.59 Å². The molecule has 0 saturated carbocycles. The van der Waals surface area contributed by atoms with Crippen molar-refractivity contribution >= 4 is 11.9 Å². The number of hydrogen-bond acceptors (Lipinski definition) is 3. The fourth-order valence-electron chi connectivity index (χ4n) is 2.62. The first-order valence-corrected chi connectivity index (χ1v) is 9.77. The van der Waals surface area contributed by atoms with Gasteiger partial charge in [-0.25, -0.2) is 0 Å². The van der Waals surface area contributed by atoms with E-state index in [4.69, 9.17) is 5.11 Å². The van der Waals surface area contributed by atoms with Crippen LogP contribution in [0.4, 0.5) is 0 Å². The third kappa shape index (κ3) is 15.9. The Balaban J connectivity index is 3.62. The van der Waals surface area contributed by atoms with Crippen LogP contribution < -0.4 is 0 Å². The summed E-state index contributed by atoms with van der Waals surface area (Å²) in [5.41, 5.74) is 0.